The van der Waals surface area contributed by atoms with Crippen LogP contribution < -0.4 is 10.2 Å². The summed E-state index contributed by atoms with van der Waals surface area (Å²) in [6.45, 7) is 4.04. The highest BCUT2D eigenvalue weighted by Crippen LogP contribution is 2.25. The summed E-state index contributed by atoms with van der Waals surface area (Å²) in [4.78, 5) is 23.6. The van der Waals surface area contributed by atoms with Crippen molar-refractivity contribution in [2.24, 2.45) is 5.92 Å². The van der Waals surface area contributed by atoms with Crippen LogP contribution in [0.5, 0.6) is 0 Å². The molecular formula is C24H25FN4O. The summed E-state index contributed by atoms with van der Waals surface area (Å²) in [5.74, 6) is 0.667. The molecule has 30 heavy (non-hydrogen) atoms. The third-order valence-corrected chi connectivity index (χ3v) is 5.57. The van der Waals surface area contributed by atoms with E-state index in [0.717, 1.165) is 48.6 Å². The molecule has 0 spiro atoms. The first-order valence-electron chi connectivity index (χ1n) is 10.2. The molecule has 1 saturated heterocycles. The van der Waals surface area contributed by atoms with Gasteiger partial charge < -0.3 is 10.2 Å². The lowest BCUT2D eigenvalue weighted by atomic mass is 9.95. The van der Waals surface area contributed by atoms with Gasteiger partial charge in [0.15, 0.2) is 0 Å². The van der Waals surface area contributed by atoms with Crippen LogP contribution in [0.25, 0.3) is 11.3 Å². The van der Waals surface area contributed by atoms with Crippen molar-refractivity contribution in [1.82, 2.24) is 15.3 Å². The van der Waals surface area contributed by atoms with Gasteiger partial charge in [-0.15, -0.1) is 0 Å². The van der Waals surface area contributed by atoms with Crippen molar-refractivity contribution in [2.75, 3.05) is 18.0 Å². The molecule has 1 N–H and O–H groups in total. The standard InChI is InChI=1S/C24H25FN4O/c1-17-2-6-19(7-3-17)22-14-23(28-16-27-22)29-12-10-20(11-13-29)24(30)26-15-18-4-8-21(25)9-5-18/h2-9,14,16,20H,10-13,15H2,1H3,(H,26,30). The smallest absolute Gasteiger partial charge is 0.223 e. The molecule has 6 heteroatoms. The van der Waals surface area contributed by atoms with E-state index in [1.165, 1.54) is 17.7 Å². The predicted molar refractivity (Wildman–Crippen MR) is 115 cm³/mol. The third kappa shape index (κ3) is 4.82. The van der Waals surface area contributed by atoms with Gasteiger partial charge in [0.05, 0.1) is 5.69 Å². The molecule has 154 valence electrons. The van der Waals surface area contributed by atoms with Gasteiger partial charge in [0.2, 0.25) is 5.91 Å². The lowest BCUT2D eigenvalue weighted by Gasteiger charge is -2.32. The van der Waals surface area contributed by atoms with Gasteiger partial charge in [-0.3, -0.25) is 4.79 Å². The number of anilines is 1. The number of aryl methyl sites for hydroxylation is 1. The van der Waals surface area contributed by atoms with Crippen molar-refractivity contribution in [3.8, 4) is 11.3 Å². The number of carbonyl (C=O) groups excluding carboxylic acids is 1. The molecule has 3 aromatic rings. The molecule has 0 bridgehead atoms. The monoisotopic (exact) mass is 404 g/mol. The van der Waals surface area contributed by atoms with Crippen LogP contribution in [0.3, 0.4) is 0 Å². The van der Waals surface area contributed by atoms with E-state index < -0.39 is 0 Å². The highest BCUT2D eigenvalue weighted by molar-refractivity contribution is 5.79. The van der Waals surface area contributed by atoms with Gasteiger partial charge in [-0.2, -0.15) is 0 Å². The summed E-state index contributed by atoms with van der Waals surface area (Å²) in [7, 11) is 0. The number of benzene rings is 2. The predicted octanol–water partition coefficient (Wildman–Crippen LogP) is 4.12. The zero-order chi connectivity index (χ0) is 20.9. The van der Waals surface area contributed by atoms with Crippen LogP contribution in [0.4, 0.5) is 10.2 Å². The fraction of sp³-hybridized carbons (Fsp3) is 0.292. The van der Waals surface area contributed by atoms with Crippen molar-refractivity contribution < 1.29 is 9.18 Å². The lowest BCUT2D eigenvalue weighted by molar-refractivity contribution is -0.125. The number of amides is 1. The topological polar surface area (TPSA) is 58.1 Å². The van der Waals surface area contributed by atoms with Crippen LogP contribution in [0, 0.1) is 18.7 Å². The van der Waals surface area contributed by atoms with E-state index >= 15 is 0 Å². The second kappa shape index (κ2) is 9.03. The van der Waals surface area contributed by atoms with E-state index in [4.69, 9.17) is 0 Å². The minimum absolute atomic E-state index is 0.0138. The number of halogens is 1. The minimum Gasteiger partial charge on any atom is -0.356 e. The second-order valence-corrected chi connectivity index (χ2v) is 7.73. The number of hydrogen-bond donors (Lipinski definition) is 1. The zero-order valence-corrected chi connectivity index (χ0v) is 17.0. The summed E-state index contributed by atoms with van der Waals surface area (Å²) in [5.41, 5.74) is 4.08. The number of piperidine rings is 1. The minimum atomic E-state index is -0.271. The molecule has 1 aliphatic heterocycles. The highest BCUT2D eigenvalue weighted by atomic mass is 19.1. The molecule has 4 rings (SSSR count). The first-order valence-corrected chi connectivity index (χ1v) is 10.2. The fourth-order valence-corrected chi connectivity index (χ4v) is 3.71. The van der Waals surface area contributed by atoms with Crippen molar-refractivity contribution in [1.29, 1.82) is 0 Å². The van der Waals surface area contributed by atoms with Crippen LogP contribution in [0.2, 0.25) is 0 Å². The Bertz CT molecular complexity index is 996. The molecule has 5 nitrogen and oxygen atoms in total. The molecule has 2 heterocycles. The number of hydrogen-bond acceptors (Lipinski definition) is 4. The lowest BCUT2D eigenvalue weighted by Crippen LogP contribution is -2.40. The fourth-order valence-electron chi connectivity index (χ4n) is 3.71. The molecule has 0 saturated carbocycles. The molecule has 1 amide bonds. The molecule has 0 aliphatic carbocycles. The van der Waals surface area contributed by atoms with Gasteiger partial charge in [0.25, 0.3) is 0 Å². The number of carbonyl (C=O) groups is 1. The van der Waals surface area contributed by atoms with Gasteiger partial charge in [0.1, 0.15) is 18.0 Å². The number of nitrogens with one attached hydrogen (secondary N) is 1. The maximum atomic E-state index is 13.0. The average molecular weight is 404 g/mol. The maximum Gasteiger partial charge on any atom is 0.223 e. The Morgan fingerprint density at radius 3 is 2.47 bits per heavy atom. The molecule has 1 aromatic heterocycles. The molecule has 1 fully saturated rings. The summed E-state index contributed by atoms with van der Waals surface area (Å²) >= 11 is 0. The largest absolute Gasteiger partial charge is 0.356 e. The summed E-state index contributed by atoms with van der Waals surface area (Å²) in [5, 5.41) is 2.97. The maximum absolute atomic E-state index is 13.0. The van der Waals surface area contributed by atoms with E-state index in [-0.39, 0.29) is 17.6 Å². The molecule has 0 radical (unpaired) electrons. The Labute approximate surface area is 176 Å². The van der Waals surface area contributed by atoms with Gasteiger partial charge in [-0.25, -0.2) is 14.4 Å². The summed E-state index contributed by atoms with van der Waals surface area (Å²) in [6.07, 6.45) is 3.16. The van der Waals surface area contributed by atoms with Crippen molar-refractivity contribution in [3.05, 3.63) is 77.9 Å². The first kappa shape index (κ1) is 20.0. The second-order valence-electron chi connectivity index (χ2n) is 7.73. The van der Waals surface area contributed by atoms with Gasteiger partial charge in [-0.05, 0) is 37.5 Å². The summed E-state index contributed by atoms with van der Waals surface area (Å²) in [6, 6.07) is 16.5. The molecule has 0 atom stereocenters. The van der Waals surface area contributed by atoms with Crippen molar-refractivity contribution in [2.45, 2.75) is 26.3 Å². The Morgan fingerprint density at radius 1 is 1.07 bits per heavy atom. The summed E-state index contributed by atoms with van der Waals surface area (Å²) < 4.78 is 13.0. The van der Waals surface area contributed by atoms with Gasteiger partial charge in [-0.1, -0.05) is 42.0 Å². The highest BCUT2D eigenvalue weighted by Gasteiger charge is 2.25. The number of rotatable bonds is 5. The first-order chi connectivity index (χ1) is 14.6. The Balaban J connectivity index is 1.33. The van der Waals surface area contributed by atoms with Crippen LogP contribution in [0.1, 0.15) is 24.0 Å². The molecule has 0 unspecified atom stereocenters. The van der Waals surface area contributed by atoms with Crippen molar-refractivity contribution >= 4 is 11.7 Å². The van der Waals surface area contributed by atoms with Gasteiger partial charge in [0, 0.05) is 37.2 Å². The van der Waals surface area contributed by atoms with E-state index in [9.17, 15) is 9.18 Å². The Kier molecular flexibility index (Phi) is 6.02. The van der Waals surface area contributed by atoms with Crippen molar-refractivity contribution in [3.63, 3.8) is 0 Å². The van der Waals surface area contributed by atoms with Gasteiger partial charge >= 0.3 is 0 Å². The van der Waals surface area contributed by atoms with Crippen LogP contribution in [-0.2, 0) is 11.3 Å². The number of aromatic nitrogens is 2. The average Bonchev–Trinajstić information content (AvgIpc) is 2.79. The Hall–Kier alpha value is -3.28. The van der Waals surface area contributed by atoms with E-state index in [2.05, 4.69) is 51.4 Å². The SMILES string of the molecule is Cc1ccc(-c2cc(N3CCC(C(=O)NCc4ccc(F)cc4)CC3)ncn2)cc1. The van der Waals surface area contributed by atoms with Crippen LogP contribution in [-0.4, -0.2) is 29.0 Å². The molecular weight excluding hydrogens is 379 g/mol. The number of nitrogens with zero attached hydrogens (tertiary/aromatic N) is 3. The van der Waals surface area contributed by atoms with Crippen LogP contribution in [0.15, 0.2) is 60.9 Å². The van der Waals surface area contributed by atoms with E-state index in [0.29, 0.717) is 6.54 Å². The third-order valence-electron chi connectivity index (χ3n) is 5.57. The van der Waals surface area contributed by atoms with Crippen LogP contribution >= 0.6 is 0 Å². The Morgan fingerprint density at radius 2 is 1.77 bits per heavy atom. The zero-order valence-electron chi connectivity index (χ0n) is 17.0. The molecule has 2 aromatic carbocycles. The van der Waals surface area contributed by atoms with E-state index in [1.807, 2.05) is 6.07 Å². The van der Waals surface area contributed by atoms with E-state index in [1.54, 1.807) is 18.5 Å². The molecule has 1 aliphatic rings. The quantitative estimate of drug-likeness (QED) is 0.695. The normalized spacial score (nSPS) is 14.5.